The molecule has 1 saturated carbocycles. The van der Waals surface area contributed by atoms with Crippen LogP contribution in [0.15, 0.2) is 35.4 Å². The van der Waals surface area contributed by atoms with Crippen molar-refractivity contribution in [1.29, 1.82) is 0 Å². The normalized spacial score (nSPS) is 17.1. The van der Waals surface area contributed by atoms with Crippen molar-refractivity contribution in [3.05, 3.63) is 41.0 Å². The molecule has 1 amide bonds. The number of anilines is 1. The van der Waals surface area contributed by atoms with E-state index in [0.717, 1.165) is 31.9 Å². The highest BCUT2D eigenvalue weighted by atomic mass is 35.5. The van der Waals surface area contributed by atoms with E-state index in [-0.39, 0.29) is 15.8 Å². The molecule has 1 aliphatic rings. The van der Waals surface area contributed by atoms with Gasteiger partial charge in [0, 0.05) is 18.5 Å². The van der Waals surface area contributed by atoms with Gasteiger partial charge in [-0.3, -0.25) is 9.48 Å². The van der Waals surface area contributed by atoms with Gasteiger partial charge in [-0.2, -0.15) is 5.10 Å². The highest BCUT2D eigenvalue weighted by Crippen LogP contribution is 2.36. The zero-order valence-corrected chi connectivity index (χ0v) is 18.8. The third-order valence-electron chi connectivity index (χ3n) is 5.46. The summed E-state index contributed by atoms with van der Waals surface area (Å²) in [5.41, 5.74) is 0.695. The van der Waals surface area contributed by atoms with E-state index < -0.39 is 21.9 Å². The molecule has 0 saturated heterocycles. The molecule has 0 spiro atoms. The molecular formula is C21H28ClN3O4S. The molecule has 1 fully saturated rings. The standard InChI is InChI=1S/C21H28ClN3O4S/c1-14(26)13-25-10-9-20(24-25)23-21(27)17(11-15-5-3-4-6-15)16-7-8-19(18(22)12-16)30(2,28)29/h7-10,12,14-15,17,26H,3-6,11,13H2,1-2H3,(H,23,24,27)/t14-,17-/m1/s1. The summed E-state index contributed by atoms with van der Waals surface area (Å²) in [6.45, 7) is 2.01. The second-order valence-corrected chi connectivity index (χ2v) is 10.6. The number of carbonyl (C=O) groups is 1. The van der Waals surface area contributed by atoms with E-state index in [1.165, 1.54) is 6.07 Å². The Hall–Kier alpha value is -1.90. The Morgan fingerprint density at radius 1 is 1.33 bits per heavy atom. The van der Waals surface area contributed by atoms with Gasteiger partial charge in [0.15, 0.2) is 15.7 Å². The Kier molecular flexibility index (Phi) is 7.21. The molecule has 0 bridgehead atoms. The molecule has 1 aromatic carbocycles. The zero-order chi connectivity index (χ0) is 21.9. The van der Waals surface area contributed by atoms with Crippen LogP contribution in [-0.4, -0.2) is 41.6 Å². The van der Waals surface area contributed by atoms with Crippen molar-refractivity contribution in [2.24, 2.45) is 5.92 Å². The van der Waals surface area contributed by atoms with Gasteiger partial charge in [0.25, 0.3) is 0 Å². The summed E-state index contributed by atoms with van der Waals surface area (Å²) in [7, 11) is -3.44. The monoisotopic (exact) mass is 453 g/mol. The Bertz CT molecular complexity index is 997. The first-order valence-electron chi connectivity index (χ1n) is 10.2. The maximum Gasteiger partial charge on any atom is 0.233 e. The third-order valence-corrected chi connectivity index (χ3v) is 7.04. The predicted molar refractivity (Wildman–Crippen MR) is 116 cm³/mol. The van der Waals surface area contributed by atoms with Crippen molar-refractivity contribution in [2.45, 2.75) is 62.5 Å². The number of hydrogen-bond donors (Lipinski definition) is 2. The number of hydrogen-bond acceptors (Lipinski definition) is 5. The van der Waals surface area contributed by atoms with Gasteiger partial charge in [-0.15, -0.1) is 0 Å². The minimum atomic E-state index is -3.44. The number of aromatic nitrogens is 2. The molecule has 164 valence electrons. The molecule has 2 N–H and O–H groups in total. The summed E-state index contributed by atoms with van der Waals surface area (Å²) in [4.78, 5) is 13.2. The van der Waals surface area contributed by atoms with Crippen LogP contribution in [-0.2, 0) is 21.2 Å². The first-order valence-corrected chi connectivity index (χ1v) is 12.4. The summed E-state index contributed by atoms with van der Waals surface area (Å²) >= 11 is 6.24. The summed E-state index contributed by atoms with van der Waals surface area (Å²) in [5, 5.41) is 16.8. The van der Waals surface area contributed by atoms with Gasteiger partial charge in [0.2, 0.25) is 5.91 Å². The number of aliphatic hydroxyl groups excluding tert-OH is 1. The van der Waals surface area contributed by atoms with Crippen LogP contribution in [0.2, 0.25) is 5.02 Å². The number of aliphatic hydroxyl groups is 1. The van der Waals surface area contributed by atoms with Crippen molar-refractivity contribution in [1.82, 2.24) is 9.78 Å². The molecular weight excluding hydrogens is 426 g/mol. The number of nitrogens with zero attached hydrogens (tertiary/aromatic N) is 2. The van der Waals surface area contributed by atoms with Crippen LogP contribution in [0.1, 0.15) is 50.5 Å². The zero-order valence-electron chi connectivity index (χ0n) is 17.2. The number of nitrogens with one attached hydrogen (secondary N) is 1. The molecule has 0 radical (unpaired) electrons. The van der Waals surface area contributed by atoms with Gasteiger partial charge in [0.1, 0.15) is 0 Å². The number of sulfone groups is 1. The lowest BCUT2D eigenvalue weighted by Gasteiger charge is -2.21. The predicted octanol–water partition coefficient (Wildman–Crippen LogP) is 3.62. The van der Waals surface area contributed by atoms with E-state index in [1.807, 2.05) is 0 Å². The molecule has 1 aliphatic carbocycles. The fourth-order valence-electron chi connectivity index (χ4n) is 4.02. The highest BCUT2D eigenvalue weighted by Gasteiger charge is 2.28. The Labute approximate surface area is 182 Å². The fourth-order valence-corrected chi connectivity index (χ4v) is 5.36. The number of amides is 1. The van der Waals surface area contributed by atoms with E-state index in [2.05, 4.69) is 10.4 Å². The topological polar surface area (TPSA) is 101 Å². The molecule has 1 aromatic heterocycles. The Balaban J connectivity index is 1.84. The van der Waals surface area contributed by atoms with Crippen molar-refractivity contribution >= 4 is 33.2 Å². The van der Waals surface area contributed by atoms with Crippen molar-refractivity contribution in [3.63, 3.8) is 0 Å². The van der Waals surface area contributed by atoms with Gasteiger partial charge in [-0.1, -0.05) is 43.4 Å². The number of benzene rings is 1. The van der Waals surface area contributed by atoms with E-state index in [0.29, 0.717) is 30.3 Å². The number of carbonyl (C=O) groups excluding carboxylic acids is 1. The molecule has 2 aromatic rings. The lowest BCUT2D eigenvalue weighted by atomic mass is 9.87. The lowest BCUT2D eigenvalue weighted by Crippen LogP contribution is -2.24. The molecule has 2 atom stereocenters. The first-order chi connectivity index (χ1) is 14.1. The van der Waals surface area contributed by atoms with Crippen LogP contribution < -0.4 is 5.32 Å². The number of halogens is 1. The minimum Gasteiger partial charge on any atom is -0.391 e. The quantitative estimate of drug-likeness (QED) is 0.635. The largest absolute Gasteiger partial charge is 0.391 e. The van der Waals surface area contributed by atoms with Crippen LogP contribution >= 0.6 is 11.6 Å². The SMILES string of the molecule is C[C@@H](O)Cn1ccc(NC(=O)[C@H](CC2CCCC2)c2ccc(S(C)(=O)=O)c(Cl)c2)n1. The molecule has 3 rings (SSSR count). The average Bonchev–Trinajstić information content (AvgIpc) is 3.30. The summed E-state index contributed by atoms with van der Waals surface area (Å²) in [6, 6.07) is 6.42. The van der Waals surface area contributed by atoms with Gasteiger partial charge < -0.3 is 10.4 Å². The average molecular weight is 454 g/mol. The molecule has 7 nitrogen and oxygen atoms in total. The van der Waals surface area contributed by atoms with Gasteiger partial charge in [0.05, 0.1) is 28.5 Å². The second-order valence-electron chi connectivity index (χ2n) is 8.16. The summed E-state index contributed by atoms with van der Waals surface area (Å²) < 4.78 is 25.3. The third kappa shape index (κ3) is 5.83. The van der Waals surface area contributed by atoms with Crippen LogP contribution in [0, 0.1) is 5.92 Å². The first kappa shape index (κ1) is 22.8. The Morgan fingerprint density at radius 2 is 2.03 bits per heavy atom. The van der Waals surface area contributed by atoms with Gasteiger partial charge in [-0.25, -0.2) is 8.42 Å². The molecule has 30 heavy (non-hydrogen) atoms. The van der Waals surface area contributed by atoms with E-state index in [4.69, 9.17) is 11.6 Å². The van der Waals surface area contributed by atoms with E-state index in [1.54, 1.807) is 36.0 Å². The van der Waals surface area contributed by atoms with E-state index in [9.17, 15) is 18.3 Å². The van der Waals surface area contributed by atoms with Crippen LogP contribution in [0.4, 0.5) is 5.82 Å². The second kappa shape index (κ2) is 9.49. The van der Waals surface area contributed by atoms with Crippen LogP contribution in [0.25, 0.3) is 0 Å². The molecule has 0 unspecified atom stereocenters. The maximum atomic E-state index is 13.2. The van der Waals surface area contributed by atoms with Crippen molar-refractivity contribution in [3.8, 4) is 0 Å². The van der Waals surface area contributed by atoms with Crippen LogP contribution in [0.3, 0.4) is 0 Å². The van der Waals surface area contributed by atoms with Gasteiger partial charge >= 0.3 is 0 Å². The Morgan fingerprint density at radius 3 is 2.63 bits per heavy atom. The molecule has 9 heteroatoms. The lowest BCUT2D eigenvalue weighted by molar-refractivity contribution is -0.118. The van der Waals surface area contributed by atoms with Crippen molar-refractivity contribution < 1.29 is 18.3 Å². The number of rotatable bonds is 8. The smallest absolute Gasteiger partial charge is 0.233 e. The summed E-state index contributed by atoms with van der Waals surface area (Å²) in [6.07, 6.45) is 7.44. The van der Waals surface area contributed by atoms with Crippen LogP contribution in [0.5, 0.6) is 0 Å². The molecule has 1 heterocycles. The van der Waals surface area contributed by atoms with E-state index >= 15 is 0 Å². The highest BCUT2D eigenvalue weighted by molar-refractivity contribution is 7.90. The minimum absolute atomic E-state index is 0.0600. The fraction of sp³-hybridized carbons (Fsp3) is 0.524. The molecule has 0 aliphatic heterocycles. The van der Waals surface area contributed by atoms with Crippen molar-refractivity contribution in [2.75, 3.05) is 11.6 Å². The van der Waals surface area contributed by atoms with Gasteiger partial charge in [-0.05, 0) is 37.0 Å². The summed E-state index contributed by atoms with van der Waals surface area (Å²) in [5.74, 6) is 0.200. The maximum absolute atomic E-state index is 13.2.